The number of halogens is 3. The molecular formula is C26H21F3N6O5. The maximum absolute atomic E-state index is 13.1. The molecule has 11 nitrogen and oxygen atoms in total. The zero-order valence-corrected chi connectivity index (χ0v) is 20.7. The van der Waals surface area contributed by atoms with E-state index in [0.29, 0.717) is 23.6 Å². The van der Waals surface area contributed by atoms with Gasteiger partial charge in [-0.15, -0.1) is 0 Å². The van der Waals surface area contributed by atoms with Crippen LogP contribution in [0.1, 0.15) is 21.6 Å². The second-order valence-corrected chi connectivity index (χ2v) is 8.21. The van der Waals surface area contributed by atoms with E-state index in [1.54, 1.807) is 47.3 Å². The number of imidazole rings is 1. The fourth-order valence-electron chi connectivity index (χ4n) is 3.73. The van der Waals surface area contributed by atoms with Crippen LogP contribution in [0.5, 0.6) is 5.75 Å². The Hall–Kier alpha value is -5.40. The molecule has 4 rings (SSSR count). The molecule has 0 radical (unpaired) electrons. The Morgan fingerprint density at radius 1 is 1.00 bits per heavy atom. The maximum atomic E-state index is 13.1. The number of ether oxygens (including phenoxy) is 2. The molecule has 0 fully saturated rings. The van der Waals surface area contributed by atoms with Crippen molar-refractivity contribution >= 4 is 29.5 Å². The molecule has 0 bridgehead atoms. The fraction of sp³-hybridized carbons (Fsp3) is 0.115. The Morgan fingerprint density at radius 2 is 1.80 bits per heavy atom. The molecule has 0 spiro atoms. The van der Waals surface area contributed by atoms with Crippen LogP contribution in [0.25, 0.3) is 11.4 Å². The summed E-state index contributed by atoms with van der Waals surface area (Å²) in [5, 5.41) is 4.97. The number of hydrogen-bond donors (Lipinski definition) is 3. The third kappa shape index (κ3) is 6.72. The number of aromatic nitrogens is 3. The number of pyridine rings is 1. The number of esters is 1. The molecule has 3 amide bonds. The van der Waals surface area contributed by atoms with E-state index in [-0.39, 0.29) is 17.1 Å². The monoisotopic (exact) mass is 554 g/mol. The summed E-state index contributed by atoms with van der Waals surface area (Å²) in [6.07, 6.45) is -1.24. The Kier molecular flexibility index (Phi) is 7.98. The van der Waals surface area contributed by atoms with Gasteiger partial charge >= 0.3 is 24.3 Å². The SMILES string of the molecule is COc1ccc(C(F)(F)F)cc1NC(=O)Nc1cccc(Cn2ccnc2-c2ccnc(C(=O)OC(N)=O)c2)c1. The lowest BCUT2D eigenvalue weighted by Crippen LogP contribution is -2.20. The first-order valence-electron chi connectivity index (χ1n) is 11.4. The van der Waals surface area contributed by atoms with Crippen LogP contribution < -0.4 is 21.1 Å². The molecular weight excluding hydrogens is 533 g/mol. The number of benzene rings is 2. The average Bonchev–Trinajstić information content (AvgIpc) is 3.36. The smallest absolute Gasteiger partial charge is 0.416 e. The summed E-state index contributed by atoms with van der Waals surface area (Å²) in [7, 11) is 1.28. The molecule has 14 heteroatoms. The fourth-order valence-corrected chi connectivity index (χ4v) is 3.73. The predicted molar refractivity (Wildman–Crippen MR) is 137 cm³/mol. The first kappa shape index (κ1) is 27.6. The maximum Gasteiger partial charge on any atom is 0.416 e. The molecule has 4 aromatic rings. The van der Waals surface area contributed by atoms with Crippen LogP contribution >= 0.6 is 0 Å². The van der Waals surface area contributed by atoms with Gasteiger partial charge < -0.3 is 30.4 Å². The first-order chi connectivity index (χ1) is 19.0. The lowest BCUT2D eigenvalue weighted by Gasteiger charge is -2.15. The van der Waals surface area contributed by atoms with E-state index in [9.17, 15) is 27.6 Å². The van der Waals surface area contributed by atoms with Crippen LogP contribution in [-0.4, -0.2) is 39.7 Å². The summed E-state index contributed by atoms with van der Waals surface area (Å²) in [4.78, 5) is 43.6. The number of nitrogens with two attached hydrogens (primary N) is 1. The summed E-state index contributed by atoms with van der Waals surface area (Å²) in [6.45, 7) is 0.303. The number of urea groups is 1. The van der Waals surface area contributed by atoms with Gasteiger partial charge in [-0.1, -0.05) is 12.1 Å². The van der Waals surface area contributed by atoms with Gasteiger partial charge in [0.25, 0.3) is 0 Å². The van der Waals surface area contributed by atoms with E-state index in [4.69, 9.17) is 10.5 Å². The molecule has 0 aliphatic rings. The lowest BCUT2D eigenvalue weighted by molar-refractivity contribution is -0.137. The van der Waals surface area contributed by atoms with Gasteiger partial charge in [0.05, 0.1) is 18.4 Å². The number of anilines is 2. The van der Waals surface area contributed by atoms with Crippen LogP contribution in [0, 0.1) is 0 Å². The van der Waals surface area contributed by atoms with Gasteiger partial charge in [0.1, 0.15) is 17.3 Å². The number of hydrogen-bond acceptors (Lipinski definition) is 7. The Morgan fingerprint density at radius 3 is 2.52 bits per heavy atom. The highest BCUT2D eigenvalue weighted by atomic mass is 19.4. The summed E-state index contributed by atoms with van der Waals surface area (Å²) < 4.78 is 50.5. The van der Waals surface area contributed by atoms with Crippen LogP contribution in [0.3, 0.4) is 0 Å². The number of primary amides is 1. The molecule has 4 N–H and O–H groups in total. The highest BCUT2D eigenvalue weighted by Gasteiger charge is 2.31. The minimum absolute atomic E-state index is 0.0618. The molecule has 0 aliphatic carbocycles. The van der Waals surface area contributed by atoms with Crippen LogP contribution in [0.15, 0.2) is 73.2 Å². The molecule has 206 valence electrons. The van der Waals surface area contributed by atoms with E-state index in [1.165, 1.54) is 19.4 Å². The Labute approximate surface area is 224 Å². The zero-order chi connectivity index (χ0) is 28.9. The minimum Gasteiger partial charge on any atom is -0.495 e. The third-order valence-corrected chi connectivity index (χ3v) is 5.45. The normalized spacial score (nSPS) is 11.0. The van der Waals surface area contributed by atoms with E-state index >= 15 is 0 Å². The summed E-state index contributed by atoms with van der Waals surface area (Å²) in [5.74, 6) is -0.470. The van der Waals surface area contributed by atoms with E-state index < -0.39 is 29.8 Å². The van der Waals surface area contributed by atoms with Crippen molar-refractivity contribution in [1.82, 2.24) is 14.5 Å². The van der Waals surface area contributed by atoms with Crippen LogP contribution in [-0.2, 0) is 17.5 Å². The van der Waals surface area contributed by atoms with Gasteiger partial charge in [-0.25, -0.2) is 24.4 Å². The number of alkyl halides is 3. The van der Waals surface area contributed by atoms with Gasteiger partial charge in [-0.3, -0.25) is 0 Å². The van der Waals surface area contributed by atoms with Gasteiger partial charge in [-0.2, -0.15) is 13.2 Å². The van der Waals surface area contributed by atoms with E-state index in [0.717, 1.165) is 23.8 Å². The average molecular weight is 554 g/mol. The van der Waals surface area contributed by atoms with E-state index in [2.05, 4.69) is 25.3 Å². The van der Waals surface area contributed by atoms with Gasteiger partial charge in [-0.05, 0) is 48.0 Å². The largest absolute Gasteiger partial charge is 0.495 e. The number of carbonyl (C=O) groups excluding carboxylic acids is 3. The summed E-state index contributed by atoms with van der Waals surface area (Å²) in [5.41, 5.74) is 5.30. The first-order valence-corrected chi connectivity index (χ1v) is 11.4. The van der Waals surface area contributed by atoms with Crippen LogP contribution in [0.4, 0.5) is 34.1 Å². The molecule has 0 aliphatic heterocycles. The number of nitrogens with one attached hydrogen (secondary N) is 2. The quantitative estimate of drug-likeness (QED) is 0.217. The summed E-state index contributed by atoms with van der Waals surface area (Å²) >= 11 is 0. The Balaban J connectivity index is 1.49. The van der Waals surface area contributed by atoms with Crippen molar-refractivity contribution in [1.29, 1.82) is 0 Å². The summed E-state index contributed by atoms with van der Waals surface area (Å²) in [6, 6.07) is 11.8. The van der Waals surface area contributed by atoms with Crippen molar-refractivity contribution < 1.29 is 37.0 Å². The van der Waals surface area contributed by atoms with Crippen molar-refractivity contribution in [2.45, 2.75) is 12.7 Å². The number of amides is 3. The molecule has 0 atom stereocenters. The predicted octanol–water partition coefficient (Wildman–Crippen LogP) is 4.90. The minimum atomic E-state index is -4.59. The van der Waals surface area contributed by atoms with Crippen molar-refractivity contribution in [3.05, 3.63) is 90.0 Å². The Bertz CT molecular complexity index is 1570. The van der Waals surface area contributed by atoms with Gasteiger partial charge in [0.2, 0.25) is 0 Å². The van der Waals surface area contributed by atoms with Crippen molar-refractivity contribution in [3.63, 3.8) is 0 Å². The second-order valence-electron chi connectivity index (χ2n) is 8.21. The molecule has 2 aromatic carbocycles. The lowest BCUT2D eigenvalue weighted by atomic mass is 10.1. The highest BCUT2D eigenvalue weighted by molar-refractivity contribution is 6.00. The highest BCUT2D eigenvalue weighted by Crippen LogP contribution is 2.35. The number of rotatable bonds is 7. The van der Waals surface area contributed by atoms with Gasteiger partial charge in [0.15, 0.2) is 0 Å². The van der Waals surface area contributed by atoms with Crippen molar-refractivity contribution in [2.24, 2.45) is 5.73 Å². The molecule has 2 aromatic heterocycles. The molecule has 0 unspecified atom stereocenters. The number of methoxy groups -OCH3 is 1. The van der Waals surface area contributed by atoms with Crippen LogP contribution in [0.2, 0.25) is 0 Å². The molecule has 0 saturated heterocycles. The number of carbonyl (C=O) groups is 3. The van der Waals surface area contributed by atoms with E-state index in [1.807, 2.05) is 0 Å². The molecule has 0 saturated carbocycles. The molecule has 2 heterocycles. The standard InChI is InChI=1S/C26H21F3N6O5/c1-39-21-6-5-17(26(27,28)29)13-19(21)34-25(38)33-18-4-2-3-15(11-18)14-35-10-9-32-22(35)16-7-8-31-20(12-16)23(36)40-24(30)37/h2-13H,14H2,1H3,(H2,30,37)(H2,33,34,38). The third-order valence-electron chi connectivity index (χ3n) is 5.45. The van der Waals surface area contributed by atoms with Gasteiger partial charge in [0, 0.05) is 36.4 Å². The zero-order valence-electron chi connectivity index (χ0n) is 20.7. The van der Waals surface area contributed by atoms with Crippen molar-refractivity contribution in [2.75, 3.05) is 17.7 Å². The number of nitrogens with zero attached hydrogens (tertiary/aromatic N) is 3. The van der Waals surface area contributed by atoms with Crippen molar-refractivity contribution in [3.8, 4) is 17.1 Å². The topological polar surface area (TPSA) is 150 Å². The second kappa shape index (κ2) is 11.6. The molecule has 40 heavy (non-hydrogen) atoms.